The van der Waals surface area contributed by atoms with Crippen molar-refractivity contribution < 1.29 is 14.4 Å². The van der Waals surface area contributed by atoms with Gasteiger partial charge in [0, 0.05) is 34.8 Å². The molecule has 31 heavy (non-hydrogen) atoms. The molecule has 164 valence electrons. The summed E-state index contributed by atoms with van der Waals surface area (Å²) in [6, 6.07) is 7.35. The highest BCUT2D eigenvalue weighted by Gasteiger charge is 2.64. The minimum atomic E-state index is -0.507. The van der Waals surface area contributed by atoms with Crippen molar-refractivity contribution in [3.63, 3.8) is 0 Å². The number of rotatable bonds is 6. The fourth-order valence-corrected chi connectivity index (χ4v) is 5.64. The normalized spacial score (nSPS) is 24.5. The minimum Gasteiger partial charge on any atom is -0.302 e. The molecular weight excluding hydrogens is 434 g/mol. The van der Waals surface area contributed by atoms with Crippen LogP contribution < -0.4 is 5.32 Å². The number of aromatic nitrogens is 1. The van der Waals surface area contributed by atoms with E-state index in [9.17, 15) is 14.4 Å². The lowest BCUT2D eigenvalue weighted by Crippen LogP contribution is -2.59. The predicted octanol–water partition coefficient (Wildman–Crippen LogP) is 4.99. The highest BCUT2D eigenvalue weighted by molar-refractivity contribution is 7.14. The Morgan fingerprint density at radius 3 is 2.68 bits per heavy atom. The lowest BCUT2D eigenvalue weighted by Gasteiger charge is -2.47. The first kappa shape index (κ1) is 22.0. The molecule has 8 heteroatoms. The summed E-state index contributed by atoms with van der Waals surface area (Å²) in [5.41, 5.74) is 0.871. The number of hydrogen-bond donors (Lipinski definition) is 1. The Morgan fingerprint density at radius 2 is 1.97 bits per heavy atom. The molecule has 1 aromatic heterocycles. The zero-order valence-electron chi connectivity index (χ0n) is 17.9. The molecule has 1 aliphatic carbocycles. The van der Waals surface area contributed by atoms with Crippen molar-refractivity contribution in [2.75, 3.05) is 11.9 Å². The Bertz CT molecular complexity index is 1030. The molecule has 2 aromatic rings. The number of hydrogen-bond acceptors (Lipinski definition) is 5. The Labute approximate surface area is 191 Å². The highest BCUT2D eigenvalue weighted by atomic mass is 35.5. The van der Waals surface area contributed by atoms with Crippen LogP contribution in [-0.4, -0.2) is 34.2 Å². The Morgan fingerprint density at radius 1 is 1.26 bits per heavy atom. The van der Waals surface area contributed by atoms with Crippen molar-refractivity contribution in [3.05, 3.63) is 34.7 Å². The van der Waals surface area contributed by atoms with E-state index in [1.807, 2.05) is 38.3 Å². The molecule has 2 atom stereocenters. The molecule has 6 nitrogen and oxygen atoms in total. The summed E-state index contributed by atoms with van der Waals surface area (Å²) in [4.78, 5) is 44.1. The molecule has 3 amide bonds. The summed E-state index contributed by atoms with van der Waals surface area (Å²) < 4.78 is 0. The molecule has 1 aromatic carbocycles. The van der Waals surface area contributed by atoms with E-state index in [0.29, 0.717) is 16.6 Å². The molecule has 1 aliphatic heterocycles. The van der Waals surface area contributed by atoms with E-state index in [1.165, 1.54) is 16.2 Å². The molecule has 2 aliphatic rings. The number of piperidine rings is 1. The zero-order valence-corrected chi connectivity index (χ0v) is 19.5. The molecule has 2 unspecified atom stereocenters. The third-order valence-electron chi connectivity index (χ3n) is 7.18. The molecule has 4 rings (SSSR count). The smallest absolute Gasteiger partial charge is 0.235 e. The van der Waals surface area contributed by atoms with Crippen LogP contribution in [0.2, 0.25) is 5.02 Å². The fraction of sp³-hybridized carbons (Fsp3) is 0.478. The predicted molar refractivity (Wildman–Crippen MR) is 122 cm³/mol. The summed E-state index contributed by atoms with van der Waals surface area (Å²) in [6.07, 6.45) is 2.15. The van der Waals surface area contributed by atoms with E-state index in [2.05, 4.69) is 10.3 Å². The quantitative estimate of drug-likeness (QED) is 0.617. The standard InChI is InChI=1S/C23H26ClN3O3S/c1-22(2)16-10-11-23(22,3)20(30)27(19(16)29)12-4-5-18(28)26-21-25-17(13-31-21)14-6-8-15(24)9-7-14/h6-9,13,16H,4-5,10-12H2,1-3H3,(H,25,26,28). The van der Waals surface area contributed by atoms with Crippen molar-refractivity contribution in [1.29, 1.82) is 0 Å². The van der Waals surface area contributed by atoms with E-state index < -0.39 is 5.41 Å². The number of fused-ring (bicyclic) bond motifs is 2. The first-order valence-electron chi connectivity index (χ1n) is 10.5. The number of nitrogens with one attached hydrogen (secondary N) is 1. The summed E-state index contributed by atoms with van der Waals surface area (Å²) in [5, 5.41) is 5.86. The van der Waals surface area contributed by atoms with Gasteiger partial charge in [-0.15, -0.1) is 11.3 Å². The van der Waals surface area contributed by atoms with E-state index in [0.717, 1.165) is 24.1 Å². The molecule has 2 bridgehead atoms. The van der Waals surface area contributed by atoms with Gasteiger partial charge in [-0.25, -0.2) is 4.98 Å². The average Bonchev–Trinajstić information content (AvgIpc) is 3.24. The summed E-state index contributed by atoms with van der Waals surface area (Å²) in [6.45, 7) is 6.30. The van der Waals surface area contributed by atoms with Gasteiger partial charge in [0.1, 0.15) is 0 Å². The van der Waals surface area contributed by atoms with Crippen molar-refractivity contribution in [2.45, 2.75) is 46.5 Å². The first-order chi connectivity index (χ1) is 14.6. The van der Waals surface area contributed by atoms with Gasteiger partial charge >= 0.3 is 0 Å². The van der Waals surface area contributed by atoms with Crippen LogP contribution in [0.3, 0.4) is 0 Å². The maximum Gasteiger partial charge on any atom is 0.235 e. The molecule has 2 heterocycles. The third-order valence-corrected chi connectivity index (χ3v) is 8.19. The number of thiazole rings is 1. The monoisotopic (exact) mass is 459 g/mol. The van der Waals surface area contributed by atoms with Gasteiger partial charge in [-0.05, 0) is 36.8 Å². The zero-order chi connectivity index (χ0) is 22.4. The van der Waals surface area contributed by atoms with Crippen LogP contribution in [-0.2, 0) is 14.4 Å². The SMILES string of the molecule is CC12CCC(C(=O)N(CCCC(=O)Nc3nc(-c4ccc(Cl)cc4)cs3)C1=O)C2(C)C. The number of benzene rings is 1. The van der Waals surface area contributed by atoms with E-state index in [4.69, 9.17) is 11.6 Å². The molecule has 0 radical (unpaired) electrons. The second kappa shape index (κ2) is 8.02. The number of carbonyl (C=O) groups is 3. The molecular formula is C23H26ClN3O3S. The fourth-order valence-electron chi connectivity index (χ4n) is 4.78. The lowest BCUT2D eigenvalue weighted by atomic mass is 9.62. The average molecular weight is 460 g/mol. The molecule has 1 saturated carbocycles. The maximum absolute atomic E-state index is 13.0. The number of likely N-dealkylation sites (tertiary alicyclic amines) is 1. The van der Waals surface area contributed by atoms with Crippen LogP contribution in [0.5, 0.6) is 0 Å². The first-order valence-corrected chi connectivity index (χ1v) is 11.8. The van der Waals surface area contributed by atoms with Gasteiger partial charge in [0.15, 0.2) is 5.13 Å². The minimum absolute atomic E-state index is 0.0853. The summed E-state index contributed by atoms with van der Waals surface area (Å²) in [5.74, 6) is -0.476. The number of amides is 3. The Balaban J connectivity index is 1.32. The summed E-state index contributed by atoms with van der Waals surface area (Å²) >= 11 is 7.27. The topological polar surface area (TPSA) is 79.4 Å². The van der Waals surface area contributed by atoms with Crippen molar-refractivity contribution in [3.8, 4) is 11.3 Å². The molecule has 0 spiro atoms. The van der Waals surface area contributed by atoms with Gasteiger partial charge < -0.3 is 5.32 Å². The van der Waals surface area contributed by atoms with Crippen LogP contribution in [0, 0.1) is 16.7 Å². The lowest BCUT2D eigenvalue weighted by molar-refractivity contribution is -0.168. The molecule has 1 N–H and O–H groups in total. The number of halogens is 1. The van der Waals surface area contributed by atoms with Crippen LogP contribution >= 0.6 is 22.9 Å². The van der Waals surface area contributed by atoms with E-state index in [1.54, 1.807) is 12.1 Å². The number of nitrogens with zero attached hydrogens (tertiary/aromatic N) is 2. The van der Waals surface area contributed by atoms with Gasteiger partial charge in [-0.3, -0.25) is 19.3 Å². The number of imide groups is 1. The number of carbonyl (C=O) groups excluding carboxylic acids is 3. The Kier molecular flexibility index (Phi) is 5.68. The third kappa shape index (κ3) is 3.78. The highest BCUT2D eigenvalue weighted by Crippen LogP contribution is 2.60. The number of anilines is 1. The van der Waals surface area contributed by atoms with Crippen LogP contribution in [0.25, 0.3) is 11.3 Å². The van der Waals surface area contributed by atoms with Crippen molar-refractivity contribution in [2.24, 2.45) is 16.7 Å². The van der Waals surface area contributed by atoms with Crippen molar-refractivity contribution >= 4 is 45.8 Å². The van der Waals surface area contributed by atoms with Gasteiger partial charge in [0.05, 0.1) is 11.1 Å². The van der Waals surface area contributed by atoms with E-state index in [-0.39, 0.29) is 42.0 Å². The Hall–Kier alpha value is -2.25. The van der Waals surface area contributed by atoms with Gasteiger partial charge in [0.2, 0.25) is 17.7 Å². The van der Waals surface area contributed by atoms with Crippen molar-refractivity contribution in [1.82, 2.24) is 9.88 Å². The van der Waals surface area contributed by atoms with Gasteiger partial charge in [0.25, 0.3) is 0 Å². The van der Waals surface area contributed by atoms with Gasteiger partial charge in [-0.1, -0.05) is 44.5 Å². The van der Waals surface area contributed by atoms with Crippen LogP contribution in [0.4, 0.5) is 5.13 Å². The maximum atomic E-state index is 13.0. The second-order valence-electron chi connectivity index (χ2n) is 9.14. The van der Waals surface area contributed by atoms with Crippen LogP contribution in [0.15, 0.2) is 29.6 Å². The second-order valence-corrected chi connectivity index (χ2v) is 10.4. The van der Waals surface area contributed by atoms with E-state index >= 15 is 0 Å². The summed E-state index contributed by atoms with van der Waals surface area (Å²) in [7, 11) is 0. The van der Waals surface area contributed by atoms with Crippen LogP contribution in [0.1, 0.15) is 46.5 Å². The molecule has 1 saturated heterocycles. The largest absolute Gasteiger partial charge is 0.302 e. The van der Waals surface area contributed by atoms with Gasteiger partial charge in [-0.2, -0.15) is 0 Å². The molecule has 2 fully saturated rings.